The molecule has 0 amide bonds. The molecule has 0 aromatic heterocycles. The number of hydrogen-bond acceptors (Lipinski definition) is 2. The van der Waals surface area contributed by atoms with Crippen molar-refractivity contribution in [2.24, 2.45) is 0 Å². The zero-order valence-corrected chi connectivity index (χ0v) is 11.2. The van der Waals surface area contributed by atoms with Crippen molar-refractivity contribution in [1.29, 1.82) is 0 Å². The molecule has 1 atom stereocenters. The summed E-state index contributed by atoms with van der Waals surface area (Å²) < 4.78 is 0. The highest BCUT2D eigenvalue weighted by molar-refractivity contribution is 5.34. The summed E-state index contributed by atoms with van der Waals surface area (Å²) in [6.45, 7) is 5.47. The normalized spacial score (nSPS) is 13.1. The summed E-state index contributed by atoms with van der Waals surface area (Å²) >= 11 is 0. The molecule has 1 aromatic rings. The van der Waals surface area contributed by atoms with Crippen molar-refractivity contribution in [2.45, 2.75) is 26.3 Å². The molecule has 1 unspecified atom stereocenters. The van der Waals surface area contributed by atoms with Crippen molar-refractivity contribution in [1.82, 2.24) is 10.2 Å². The van der Waals surface area contributed by atoms with E-state index in [0.717, 1.165) is 13.0 Å². The van der Waals surface area contributed by atoms with Gasteiger partial charge in [0, 0.05) is 12.6 Å². The van der Waals surface area contributed by atoms with Gasteiger partial charge in [0.1, 0.15) is 0 Å². The zero-order valence-electron chi connectivity index (χ0n) is 11.2. The highest BCUT2D eigenvalue weighted by atomic mass is 15.1. The number of nitrogens with zero attached hydrogens (tertiary/aromatic N) is 1. The van der Waals surface area contributed by atoms with Crippen LogP contribution in [0.1, 0.15) is 16.7 Å². The predicted molar refractivity (Wildman–Crippen MR) is 71.0 cm³/mol. The maximum atomic E-state index is 3.39. The molecule has 16 heavy (non-hydrogen) atoms. The number of nitrogens with one attached hydrogen (secondary N) is 1. The van der Waals surface area contributed by atoms with E-state index in [0.29, 0.717) is 6.04 Å². The first-order valence-electron chi connectivity index (χ1n) is 5.91. The van der Waals surface area contributed by atoms with Crippen LogP contribution in [-0.2, 0) is 6.42 Å². The van der Waals surface area contributed by atoms with Crippen LogP contribution in [0.2, 0.25) is 0 Å². The number of hydrogen-bond donors (Lipinski definition) is 1. The molecule has 2 nitrogen and oxygen atoms in total. The molecule has 1 N–H and O–H groups in total. The standard InChI is InChI=1S/C14H24N2/c1-11-7-6-8-12(2)14(11)9-13(15-3)10-16(4)5/h6-8,13,15H,9-10H2,1-5H3. The van der Waals surface area contributed by atoms with Gasteiger partial charge in [-0.05, 0) is 58.1 Å². The molecule has 1 aromatic carbocycles. The first-order valence-corrected chi connectivity index (χ1v) is 5.91. The van der Waals surface area contributed by atoms with Crippen LogP contribution in [0.5, 0.6) is 0 Å². The van der Waals surface area contributed by atoms with Gasteiger partial charge in [-0.3, -0.25) is 0 Å². The third kappa shape index (κ3) is 3.62. The van der Waals surface area contributed by atoms with E-state index in [1.165, 1.54) is 16.7 Å². The van der Waals surface area contributed by atoms with Gasteiger partial charge in [-0.25, -0.2) is 0 Å². The second kappa shape index (κ2) is 6.02. The highest BCUT2D eigenvalue weighted by Crippen LogP contribution is 2.15. The van der Waals surface area contributed by atoms with Gasteiger partial charge < -0.3 is 10.2 Å². The topological polar surface area (TPSA) is 15.3 Å². The van der Waals surface area contributed by atoms with Crippen LogP contribution in [0, 0.1) is 13.8 Å². The summed E-state index contributed by atoms with van der Waals surface area (Å²) in [7, 11) is 6.28. The Morgan fingerprint density at radius 3 is 2.19 bits per heavy atom. The molecular weight excluding hydrogens is 196 g/mol. The number of benzene rings is 1. The molecule has 0 saturated heterocycles. The van der Waals surface area contributed by atoms with E-state index in [1.54, 1.807) is 0 Å². The monoisotopic (exact) mass is 220 g/mol. The Kier molecular flexibility index (Phi) is 4.97. The van der Waals surface area contributed by atoms with Gasteiger partial charge in [0.15, 0.2) is 0 Å². The van der Waals surface area contributed by atoms with Crippen LogP contribution in [0.4, 0.5) is 0 Å². The van der Waals surface area contributed by atoms with Gasteiger partial charge in [-0.2, -0.15) is 0 Å². The number of likely N-dealkylation sites (N-methyl/N-ethyl adjacent to an activating group) is 2. The maximum absolute atomic E-state index is 3.39. The smallest absolute Gasteiger partial charge is 0.0232 e. The Morgan fingerprint density at radius 1 is 1.19 bits per heavy atom. The van der Waals surface area contributed by atoms with E-state index < -0.39 is 0 Å². The lowest BCUT2D eigenvalue weighted by Crippen LogP contribution is -2.38. The summed E-state index contributed by atoms with van der Waals surface area (Å²) in [6.07, 6.45) is 1.10. The molecule has 0 heterocycles. The zero-order chi connectivity index (χ0) is 12.1. The van der Waals surface area contributed by atoms with Crippen LogP contribution in [0.3, 0.4) is 0 Å². The molecule has 0 radical (unpaired) electrons. The van der Waals surface area contributed by atoms with Crippen LogP contribution in [-0.4, -0.2) is 38.6 Å². The Labute approximate surface area is 99.7 Å². The molecular formula is C14H24N2. The second-order valence-electron chi connectivity index (χ2n) is 4.82. The van der Waals surface area contributed by atoms with E-state index in [1.807, 2.05) is 7.05 Å². The Morgan fingerprint density at radius 2 is 1.75 bits per heavy atom. The van der Waals surface area contributed by atoms with Gasteiger partial charge in [0.2, 0.25) is 0 Å². The molecule has 0 spiro atoms. The predicted octanol–water partition coefficient (Wildman–Crippen LogP) is 2.00. The molecule has 2 heteroatoms. The van der Waals surface area contributed by atoms with Gasteiger partial charge in [-0.1, -0.05) is 18.2 Å². The van der Waals surface area contributed by atoms with Crippen LogP contribution >= 0.6 is 0 Å². The van der Waals surface area contributed by atoms with E-state index in [-0.39, 0.29) is 0 Å². The lowest BCUT2D eigenvalue weighted by atomic mass is 9.96. The molecule has 0 fully saturated rings. The third-order valence-electron chi connectivity index (χ3n) is 3.09. The molecule has 0 aliphatic carbocycles. The summed E-state index contributed by atoms with van der Waals surface area (Å²) in [5.41, 5.74) is 4.29. The van der Waals surface area contributed by atoms with Crippen LogP contribution in [0.25, 0.3) is 0 Å². The van der Waals surface area contributed by atoms with Crippen molar-refractivity contribution in [3.05, 3.63) is 34.9 Å². The lowest BCUT2D eigenvalue weighted by Gasteiger charge is -2.22. The van der Waals surface area contributed by atoms with Gasteiger partial charge >= 0.3 is 0 Å². The average Bonchev–Trinajstić information content (AvgIpc) is 2.21. The van der Waals surface area contributed by atoms with Gasteiger partial charge in [-0.15, -0.1) is 0 Å². The van der Waals surface area contributed by atoms with Gasteiger partial charge in [0.05, 0.1) is 0 Å². The van der Waals surface area contributed by atoms with Gasteiger partial charge in [0.25, 0.3) is 0 Å². The number of aryl methyl sites for hydroxylation is 2. The average molecular weight is 220 g/mol. The summed E-state index contributed by atoms with van der Waals surface area (Å²) in [5, 5.41) is 3.39. The molecule has 90 valence electrons. The highest BCUT2D eigenvalue weighted by Gasteiger charge is 2.11. The quantitative estimate of drug-likeness (QED) is 0.816. The largest absolute Gasteiger partial charge is 0.315 e. The van der Waals surface area contributed by atoms with Crippen molar-refractivity contribution < 1.29 is 0 Å². The lowest BCUT2D eigenvalue weighted by molar-refractivity contribution is 0.346. The number of rotatable bonds is 5. The van der Waals surface area contributed by atoms with Crippen LogP contribution in [0.15, 0.2) is 18.2 Å². The van der Waals surface area contributed by atoms with E-state index in [9.17, 15) is 0 Å². The Bertz CT molecular complexity index is 311. The van der Waals surface area contributed by atoms with E-state index >= 15 is 0 Å². The summed E-state index contributed by atoms with van der Waals surface area (Å²) in [4.78, 5) is 2.23. The summed E-state index contributed by atoms with van der Waals surface area (Å²) in [6, 6.07) is 7.05. The first kappa shape index (κ1) is 13.2. The van der Waals surface area contributed by atoms with E-state index in [4.69, 9.17) is 0 Å². The minimum Gasteiger partial charge on any atom is -0.315 e. The Hall–Kier alpha value is -0.860. The first-order chi connectivity index (χ1) is 7.54. The molecule has 0 aliphatic heterocycles. The molecule has 1 rings (SSSR count). The minimum atomic E-state index is 0.523. The SMILES string of the molecule is CNC(Cc1c(C)cccc1C)CN(C)C. The molecule has 0 bridgehead atoms. The maximum Gasteiger partial charge on any atom is 0.0232 e. The van der Waals surface area contributed by atoms with E-state index in [2.05, 4.69) is 56.4 Å². The van der Waals surface area contributed by atoms with Crippen molar-refractivity contribution in [3.63, 3.8) is 0 Å². The van der Waals surface area contributed by atoms with Crippen molar-refractivity contribution in [3.8, 4) is 0 Å². The fourth-order valence-corrected chi connectivity index (χ4v) is 2.12. The summed E-state index contributed by atoms with van der Waals surface area (Å²) in [5.74, 6) is 0. The van der Waals surface area contributed by atoms with Crippen molar-refractivity contribution in [2.75, 3.05) is 27.7 Å². The fourth-order valence-electron chi connectivity index (χ4n) is 2.12. The van der Waals surface area contributed by atoms with Crippen molar-refractivity contribution >= 4 is 0 Å². The minimum absolute atomic E-state index is 0.523. The van der Waals surface area contributed by atoms with Crippen LogP contribution < -0.4 is 5.32 Å². The Balaban J connectivity index is 2.77. The molecule has 0 saturated carbocycles. The fraction of sp³-hybridized carbons (Fsp3) is 0.571. The second-order valence-corrected chi connectivity index (χ2v) is 4.82. The molecule has 0 aliphatic rings. The third-order valence-corrected chi connectivity index (χ3v) is 3.09.